The minimum absolute atomic E-state index is 0.0641. The molecule has 160 valence electrons. The quantitative estimate of drug-likeness (QED) is 0.411. The van der Waals surface area contributed by atoms with Crippen molar-refractivity contribution < 1.29 is 19.1 Å². The van der Waals surface area contributed by atoms with E-state index in [9.17, 15) is 9.59 Å². The average Bonchev–Trinajstić information content (AvgIpc) is 2.75. The van der Waals surface area contributed by atoms with Gasteiger partial charge in [0.25, 0.3) is 0 Å². The van der Waals surface area contributed by atoms with Crippen LogP contribution in [0.15, 0.2) is 30.3 Å². The molecule has 1 aromatic carbocycles. The van der Waals surface area contributed by atoms with Crippen LogP contribution in [0.3, 0.4) is 0 Å². The van der Waals surface area contributed by atoms with Crippen LogP contribution >= 0.6 is 0 Å². The molecule has 0 bridgehead atoms. The van der Waals surface area contributed by atoms with Crippen molar-refractivity contribution in [2.75, 3.05) is 0 Å². The summed E-state index contributed by atoms with van der Waals surface area (Å²) in [7, 11) is 0. The maximum Gasteiger partial charge on any atom is 0.324 e. The molecule has 0 heterocycles. The molecule has 0 aromatic heterocycles. The third-order valence-electron chi connectivity index (χ3n) is 6.46. The van der Waals surface area contributed by atoms with E-state index in [0.29, 0.717) is 12.8 Å². The maximum atomic E-state index is 13.5. The van der Waals surface area contributed by atoms with Gasteiger partial charge >= 0.3 is 11.9 Å². The molecule has 0 saturated heterocycles. The number of esters is 2. The summed E-state index contributed by atoms with van der Waals surface area (Å²) in [6.45, 7) is 2.02. The van der Waals surface area contributed by atoms with Crippen molar-refractivity contribution in [2.45, 2.75) is 103 Å². The van der Waals surface area contributed by atoms with E-state index in [1.807, 2.05) is 37.3 Å². The number of benzene rings is 1. The molecule has 0 spiro atoms. The van der Waals surface area contributed by atoms with Crippen LogP contribution < -0.4 is 0 Å². The van der Waals surface area contributed by atoms with Gasteiger partial charge in [-0.3, -0.25) is 9.59 Å². The zero-order valence-electron chi connectivity index (χ0n) is 17.9. The Morgan fingerprint density at radius 3 is 1.76 bits per heavy atom. The van der Waals surface area contributed by atoms with Gasteiger partial charge in [-0.25, -0.2) is 0 Å². The van der Waals surface area contributed by atoms with Gasteiger partial charge < -0.3 is 9.47 Å². The van der Waals surface area contributed by atoms with Crippen LogP contribution in [0.5, 0.6) is 0 Å². The van der Waals surface area contributed by atoms with Crippen molar-refractivity contribution in [1.29, 1.82) is 0 Å². The van der Waals surface area contributed by atoms with Crippen molar-refractivity contribution >= 4 is 11.9 Å². The molecule has 0 radical (unpaired) electrons. The first-order valence-corrected chi connectivity index (χ1v) is 11.6. The molecule has 0 unspecified atom stereocenters. The Morgan fingerprint density at radius 2 is 1.31 bits per heavy atom. The first-order valence-electron chi connectivity index (χ1n) is 11.6. The molecule has 0 N–H and O–H groups in total. The van der Waals surface area contributed by atoms with E-state index in [4.69, 9.17) is 9.47 Å². The predicted octanol–water partition coefficient (Wildman–Crippen LogP) is 5.77. The van der Waals surface area contributed by atoms with E-state index >= 15 is 0 Å². The molecule has 0 amide bonds. The molecule has 2 saturated carbocycles. The molecule has 3 rings (SSSR count). The van der Waals surface area contributed by atoms with Crippen LogP contribution in [-0.2, 0) is 25.5 Å². The topological polar surface area (TPSA) is 52.6 Å². The molecule has 0 aliphatic heterocycles. The number of hydrogen-bond acceptors (Lipinski definition) is 4. The summed E-state index contributed by atoms with van der Waals surface area (Å²) < 4.78 is 11.9. The zero-order chi connectivity index (χ0) is 20.5. The van der Waals surface area contributed by atoms with Gasteiger partial charge in [-0.2, -0.15) is 0 Å². The van der Waals surface area contributed by atoms with E-state index in [1.54, 1.807) is 0 Å². The van der Waals surface area contributed by atoms with Crippen LogP contribution in [0, 0.1) is 5.41 Å². The molecule has 4 heteroatoms. The fraction of sp³-hybridized carbons (Fsp3) is 0.680. The zero-order valence-corrected chi connectivity index (χ0v) is 17.9. The molecule has 2 aliphatic rings. The lowest BCUT2D eigenvalue weighted by Gasteiger charge is -2.34. The SMILES string of the molecule is CCCC(Cc1ccccc1)(C(=O)OC1CCCCC1)C(=O)OC1CCCCC1. The number of carbonyl (C=O) groups is 2. The van der Waals surface area contributed by atoms with Gasteiger partial charge in [-0.15, -0.1) is 0 Å². The Balaban J connectivity index is 1.83. The Bertz CT molecular complexity index is 610. The lowest BCUT2D eigenvalue weighted by Crippen LogP contribution is -2.46. The highest BCUT2D eigenvalue weighted by Crippen LogP contribution is 2.36. The molecule has 0 atom stereocenters. The molecule has 4 nitrogen and oxygen atoms in total. The number of carbonyl (C=O) groups excluding carboxylic acids is 2. The summed E-state index contributed by atoms with van der Waals surface area (Å²) in [5.74, 6) is -0.758. The maximum absolute atomic E-state index is 13.5. The van der Waals surface area contributed by atoms with E-state index in [2.05, 4.69) is 0 Å². The van der Waals surface area contributed by atoms with Gasteiger partial charge in [0.1, 0.15) is 12.2 Å². The van der Waals surface area contributed by atoms with E-state index < -0.39 is 5.41 Å². The van der Waals surface area contributed by atoms with Crippen molar-refractivity contribution in [2.24, 2.45) is 5.41 Å². The van der Waals surface area contributed by atoms with E-state index in [1.165, 1.54) is 12.8 Å². The molecular weight excluding hydrogens is 364 g/mol. The predicted molar refractivity (Wildman–Crippen MR) is 113 cm³/mol. The van der Waals surface area contributed by atoms with Crippen LogP contribution in [-0.4, -0.2) is 24.1 Å². The van der Waals surface area contributed by atoms with Gasteiger partial charge in [-0.1, -0.05) is 56.5 Å². The average molecular weight is 401 g/mol. The summed E-state index contributed by atoms with van der Waals surface area (Å²) in [5.41, 5.74) is -0.271. The Kier molecular flexibility index (Phi) is 8.14. The number of ether oxygens (including phenoxy) is 2. The summed E-state index contributed by atoms with van der Waals surface area (Å²) in [6, 6.07) is 9.81. The molecule has 2 aliphatic carbocycles. The molecule has 2 fully saturated rings. The third kappa shape index (κ3) is 5.83. The van der Waals surface area contributed by atoms with Gasteiger partial charge in [0.15, 0.2) is 5.41 Å². The molecule has 1 aromatic rings. The molecule has 29 heavy (non-hydrogen) atoms. The Hall–Kier alpha value is -1.84. The smallest absolute Gasteiger partial charge is 0.324 e. The standard InChI is InChI=1S/C25H36O4/c1-2-18-25(19-20-12-6-3-7-13-20,23(26)28-21-14-8-4-9-15-21)24(27)29-22-16-10-5-11-17-22/h3,6-7,12-13,21-22H,2,4-5,8-11,14-19H2,1H3. The lowest BCUT2D eigenvalue weighted by molar-refractivity contribution is -0.181. The highest BCUT2D eigenvalue weighted by molar-refractivity contribution is 6.00. The van der Waals surface area contributed by atoms with Crippen molar-refractivity contribution in [3.63, 3.8) is 0 Å². The fourth-order valence-electron chi connectivity index (χ4n) is 4.79. The van der Waals surface area contributed by atoms with Crippen LogP contribution in [0.4, 0.5) is 0 Å². The normalized spacial score (nSPS) is 18.9. The summed E-state index contributed by atoms with van der Waals surface area (Å²) in [4.78, 5) is 27.0. The lowest BCUT2D eigenvalue weighted by atomic mass is 9.77. The van der Waals surface area contributed by atoms with Crippen molar-refractivity contribution in [1.82, 2.24) is 0 Å². The highest BCUT2D eigenvalue weighted by Gasteiger charge is 2.49. The minimum Gasteiger partial charge on any atom is -0.462 e. The summed E-state index contributed by atoms with van der Waals surface area (Å²) in [5, 5.41) is 0. The molecular formula is C25H36O4. The van der Waals surface area contributed by atoms with E-state index in [0.717, 1.165) is 63.4 Å². The minimum atomic E-state index is -1.25. The summed E-state index contributed by atoms with van der Waals surface area (Å²) in [6.07, 6.45) is 11.7. The first kappa shape index (κ1) is 21.9. The van der Waals surface area contributed by atoms with Crippen molar-refractivity contribution in [3.05, 3.63) is 35.9 Å². The highest BCUT2D eigenvalue weighted by atomic mass is 16.6. The van der Waals surface area contributed by atoms with Gasteiger partial charge in [-0.05, 0) is 69.8 Å². The van der Waals surface area contributed by atoms with Crippen LogP contribution in [0.2, 0.25) is 0 Å². The van der Waals surface area contributed by atoms with E-state index in [-0.39, 0.29) is 24.1 Å². The van der Waals surface area contributed by atoms with Gasteiger partial charge in [0.2, 0.25) is 0 Å². The van der Waals surface area contributed by atoms with Crippen LogP contribution in [0.25, 0.3) is 0 Å². The summed E-state index contributed by atoms with van der Waals surface area (Å²) >= 11 is 0. The van der Waals surface area contributed by atoms with Crippen molar-refractivity contribution in [3.8, 4) is 0 Å². The Labute approximate surface area is 175 Å². The second-order valence-corrected chi connectivity index (χ2v) is 8.83. The number of rotatable bonds is 8. The van der Waals surface area contributed by atoms with Crippen LogP contribution in [0.1, 0.15) is 89.5 Å². The largest absolute Gasteiger partial charge is 0.462 e. The van der Waals surface area contributed by atoms with Gasteiger partial charge in [0, 0.05) is 0 Å². The number of hydrogen-bond donors (Lipinski definition) is 0. The second-order valence-electron chi connectivity index (χ2n) is 8.83. The van der Waals surface area contributed by atoms with Gasteiger partial charge in [0.05, 0.1) is 0 Å². The third-order valence-corrected chi connectivity index (χ3v) is 6.46. The fourth-order valence-corrected chi connectivity index (χ4v) is 4.79. The Morgan fingerprint density at radius 1 is 0.828 bits per heavy atom. The first-order chi connectivity index (χ1) is 14.1. The monoisotopic (exact) mass is 400 g/mol. The second kappa shape index (κ2) is 10.8.